The monoisotopic (exact) mass is 305 g/mol. The molecule has 1 heterocycles. The Hall–Kier alpha value is -2.43. The number of hydrogen-bond acceptors (Lipinski definition) is 2. The average molecular weight is 305 g/mol. The quantitative estimate of drug-likeness (QED) is 0.765. The van der Waals surface area contributed by atoms with E-state index in [1.54, 1.807) is 13.0 Å². The van der Waals surface area contributed by atoms with Crippen LogP contribution in [0, 0.1) is 6.92 Å². The van der Waals surface area contributed by atoms with Crippen molar-refractivity contribution in [2.75, 3.05) is 4.90 Å². The summed E-state index contributed by atoms with van der Waals surface area (Å²) in [4.78, 5) is 1.98. The van der Waals surface area contributed by atoms with Gasteiger partial charge in [0.05, 0.1) is 0 Å². The van der Waals surface area contributed by atoms with E-state index in [1.165, 1.54) is 17.7 Å². The molecule has 22 heavy (non-hydrogen) atoms. The minimum absolute atomic E-state index is 0.206. The molecule has 0 saturated heterocycles. The molecule has 3 rings (SSSR count). The summed E-state index contributed by atoms with van der Waals surface area (Å²) in [5.41, 5.74) is 3.76. The van der Waals surface area contributed by atoms with Gasteiger partial charge in [-0.2, -0.15) is 0 Å². The zero-order valence-corrected chi connectivity index (χ0v) is 11.9. The normalized spacial score (nSPS) is 13.9. The number of para-hydroxylation sites is 1. The maximum absolute atomic E-state index is 12.3. The SMILES string of the molecule is Cc1cc(OC(F)(F)F)ccc1N1C=CCc2ccccc21. The second-order valence-electron chi connectivity index (χ2n) is 5.08. The molecule has 2 aromatic rings. The minimum atomic E-state index is -4.68. The van der Waals surface area contributed by atoms with Gasteiger partial charge in [-0.1, -0.05) is 24.3 Å². The van der Waals surface area contributed by atoms with E-state index in [2.05, 4.69) is 4.74 Å². The predicted octanol–water partition coefficient (Wildman–Crippen LogP) is 5.10. The summed E-state index contributed by atoms with van der Waals surface area (Å²) in [6, 6.07) is 12.3. The smallest absolute Gasteiger partial charge is 0.406 e. The van der Waals surface area contributed by atoms with E-state index in [0.29, 0.717) is 5.56 Å². The van der Waals surface area contributed by atoms with E-state index >= 15 is 0 Å². The van der Waals surface area contributed by atoms with Crippen molar-refractivity contribution in [3.8, 4) is 5.75 Å². The molecule has 0 bridgehead atoms. The molecule has 5 heteroatoms. The van der Waals surface area contributed by atoms with Crippen LogP contribution >= 0.6 is 0 Å². The lowest BCUT2D eigenvalue weighted by Crippen LogP contribution is -2.18. The first-order chi connectivity index (χ1) is 10.4. The number of fused-ring (bicyclic) bond motifs is 1. The van der Waals surface area contributed by atoms with Crippen LogP contribution in [-0.4, -0.2) is 6.36 Å². The van der Waals surface area contributed by atoms with Gasteiger partial charge in [0.2, 0.25) is 0 Å². The zero-order valence-electron chi connectivity index (χ0n) is 11.9. The van der Waals surface area contributed by atoms with Crippen molar-refractivity contribution in [3.63, 3.8) is 0 Å². The minimum Gasteiger partial charge on any atom is -0.406 e. The van der Waals surface area contributed by atoms with Gasteiger partial charge in [0.1, 0.15) is 5.75 Å². The van der Waals surface area contributed by atoms with Crippen LogP contribution in [0.5, 0.6) is 5.75 Å². The van der Waals surface area contributed by atoms with E-state index in [-0.39, 0.29) is 5.75 Å². The number of halogens is 3. The number of ether oxygens (including phenoxy) is 1. The van der Waals surface area contributed by atoms with Crippen LogP contribution in [0.15, 0.2) is 54.7 Å². The van der Waals surface area contributed by atoms with E-state index < -0.39 is 6.36 Å². The van der Waals surface area contributed by atoms with Gasteiger partial charge >= 0.3 is 6.36 Å². The van der Waals surface area contributed by atoms with Gasteiger partial charge in [0.15, 0.2) is 0 Å². The first-order valence-corrected chi connectivity index (χ1v) is 6.84. The van der Waals surface area contributed by atoms with Crippen molar-refractivity contribution in [1.29, 1.82) is 0 Å². The summed E-state index contributed by atoms with van der Waals surface area (Å²) in [6.07, 6.45) is 0.142. The predicted molar refractivity (Wildman–Crippen MR) is 79.3 cm³/mol. The molecule has 0 saturated carbocycles. The molecular weight excluding hydrogens is 291 g/mol. The second-order valence-corrected chi connectivity index (χ2v) is 5.08. The third-order valence-corrected chi connectivity index (χ3v) is 3.50. The fourth-order valence-electron chi connectivity index (χ4n) is 2.59. The van der Waals surface area contributed by atoms with E-state index in [0.717, 1.165) is 17.8 Å². The number of rotatable bonds is 2. The Morgan fingerprint density at radius 2 is 1.82 bits per heavy atom. The van der Waals surface area contributed by atoms with Crippen LogP contribution in [0.3, 0.4) is 0 Å². The molecular formula is C17H14F3NO. The lowest BCUT2D eigenvalue weighted by Gasteiger charge is -2.28. The van der Waals surface area contributed by atoms with Crippen molar-refractivity contribution >= 4 is 11.4 Å². The highest BCUT2D eigenvalue weighted by Gasteiger charge is 2.31. The van der Waals surface area contributed by atoms with Crippen LogP contribution in [0.4, 0.5) is 24.5 Å². The third kappa shape index (κ3) is 2.93. The van der Waals surface area contributed by atoms with Gasteiger partial charge in [-0.25, -0.2) is 0 Å². The lowest BCUT2D eigenvalue weighted by molar-refractivity contribution is -0.274. The Labute approximate surface area is 126 Å². The Morgan fingerprint density at radius 3 is 2.55 bits per heavy atom. The molecule has 0 aromatic heterocycles. The zero-order chi connectivity index (χ0) is 15.7. The van der Waals surface area contributed by atoms with Gasteiger partial charge in [0, 0.05) is 17.6 Å². The summed E-state index contributed by atoms with van der Waals surface area (Å²) < 4.78 is 40.8. The molecule has 0 fully saturated rings. The van der Waals surface area contributed by atoms with Crippen molar-refractivity contribution in [2.45, 2.75) is 19.7 Å². The highest BCUT2D eigenvalue weighted by Crippen LogP contribution is 2.36. The molecule has 2 nitrogen and oxygen atoms in total. The summed E-state index contributed by atoms with van der Waals surface area (Å²) >= 11 is 0. The number of alkyl halides is 3. The highest BCUT2D eigenvalue weighted by molar-refractivity contribution is 5.73. The molecule has 0 atom stereocenters. The van der Waals surface area contributed by atoms with Crippen LogP contribution < -0.4 is 9.64 Å². The van der Waals surface area contributed by atoms with Crippen LogP contribution in [-0.2, 0) is 6.42 Å². The third-order valence-electron chi connectivity index (χ3n) is 3.50. The first kappa shape index (κ1) is 14.5. The number of benzene rings is 2. The van der Waals surface area contributed by atoms with Crippen LogP contribution in [0.1, 0.15) is 11.1 Å². The second kappa shape index (κ2) is 5.40. The summed E-state index contributed by atoms with van der Waals surface area (Å²) in [7, 11) is 0. The molecule has 0 unspecified atom stereocenters. The standard InChI is InChI=1S/C17H14F3NO/c1-12-11-14(22-17(18,19)20)8-9-15(12)21-10-4-6-13-5-2-3-7-16(13)21/h2-5,7-11H,6H2,1H3. The number of nitrogens with zero attached hydrogens (tertiary/aromatic N) is 1. The first-order valence-electron chi connectivity index (χ1n) is 6.84. The largest absolute Gasteiger partial charge is 0.573 e. The van der Waals surface area contributed by atoms with E-state index in [4.69, 9.17) is 0 Å². The molecule has 0 amide bonds. The van der Waals surface area contributed by atoms with Gasteiger partial charge in [-0.05, 0) is 48.7 Å². The van der Waals surface area contributed by atoms with Crippen molar-refractivity contribution in [1.82, 2.24) is 0 Å². The number of anilines is 2. The van der Waals surface area contributed by atoms with Gasteiger partial charge in [-0.3, -0.25) is 0 Å². The maximum atomic E-state index is 12.3. The van der Waals surface area contributed by atoms with Crippen molar-refractivity contribution in [3.05, 3.63) is 65.9 Å². The fourth-order valence-corrected chi connectivity index (χ4v) is 2.59. The summed E-state index contributed by atoms with van der Waals surface area (Å²) in [6.45, 7) is 1.77. The molecule has 0 radical (unpaired) electrons. The van der Waals surface area contributed by atoms with Gasteiger partial charge in [-0.15, -0.1) is 13.2 Å². The lowest BCUT2D eigenvalue weighted by atomic mass is 10.0. The highest BCUT2D eigenvalue weighted by atomic mass is 19.4. The van der Waals surface area contributed by atoms with Crippen LogP contribution in [0.2, 0.25) is 0 Å². The molecule has 2 aromatic carbocycles. The molecule has 1 aliphatic heterocycles. The Bertz CT molecular complexity index is 722. The number of allylic oxidation sites excluding steroid dienone is 1. The van der Waals surface area contributed by atoms with E-state index in [1.807, 2.05) is 41.4 Å². The fraction of sp³-hybridized carbons (Fsp3) is 0.176. The number of aryl methyl sites for hydroxylation is 1. The van der Waals surface area contributed by atoms with Gasteiger partial charge in [0.25, 0.3) is 0 Å². The topological polar surface area (TPSA) is 12.5 Å². The van der Waals surface area contributed by atoms with Crippen molar-refractivity contribution < 1.29 is 17.9 Å². The van der Waals surface area contributed by atoms with Gasteiger partial charge < -0.3 is 9.64 Å². The Kier molecular flexibility index (Phi) is 3.56. The molecule has 0 spiro atoms. The van der Waals surface area contributed by atoms with Crippen LogP contribution in [0.25, 0.3) is 0 Å². The maximum Gasteiger partial charge on any atom is 0.573 e. The average Bonchev–Trinajstić information content (AvgIpc) is 2.45. The Morgan fingerprint density at radius 1 is 1.05 bits per heavy atom. The van der Waals surface area contributed by atoms with Crippen molar-refractivity contribution in [2.24, 2.45) is 0 Å². The molecule has 0 N–H and O–H groups in total. The molecule has 114 valence electrons. The van der Waals surface area contributed by atoms with E-state index in [9.17, 15) is 13.2 Å². The molecule has 1 aliphatic rings. The Balaban J connectivity index is 1.96. The summed E-state index contributed by atoms with van der Waals surface area (Å²) in [5, 5.41) is 0. The molecule has 0 aliphatic carbocycles. The number of hydrogen-bond donors (Lipinski definition) is 0. The summed E-state index contributed by atoms with van der Waals surface area (Å²) in [5.74, 6) is -0.206.